The largest absolute Gasteiger partial charge is 0.307 e. The summed E-state index contributed by atoms with van der Waals surface area (Å²) in [5.74, 6) is 0.770. The van der Waals surface area contributed by atoms with Gasteiger partial charge in [-0.25, -0.2) is 0 Å². The minimum Gasteiger partial charge on any atom is -0.307 e. The second-order valence-corrected chi connectivity index (χ2v) is 6.28. The first-order valence-corrected chi connectivity index (χ1v) is 8.24. The Morgan fingerprint density at radius 2 is 1.81 bits per heavy atom. The molecule has 110 valence electrons. The van der Waals surface area contributed by atoms with E-state index in [2.05, 4.69) is 48.6 Å². The van der Waals surface area contributed by atoms with E-state index in [1.807, 2.05) is 12.1 Å². The average Bonchev–Trinajstić information content (AvgIpc) is 2.43. The van der Waals surface area contributed by atoms with Crippen molar-refractivity contribution in [2.24, 2.45) is 0 Å². The summed E-state index contributed by atoms with van der Waals surface area (Å²) in [4.78, 5) is 0. The predicted octanol–water partition coefficient (Wildman–Crippen LogP) is 5.31. The Morgan fingerprint density at radius 1 is 1.10 bits per heavy atom. The summed E-state index contributed by atoms with van der Waals surface area (Å²) in [5, 5.41) is 4.38. The van der Waals surface area contributed by atoms with Crippen LogP contribution < -0.4 is 5.32 Å². The minimum absolute atomic E-state index is 0.216. The van der Waals surface area contributed by atoms with Gasteiger partial charge < -0.3 is 5.32 Å². The highest BCUT2D eigenvalue weighted by atomic mass is 35.5. The van der Waals surface area contributed by atoms with Crippen molar-refractivity contribution in [3.63, 3.8) is 0 Å². The molecule has 1 saturated carbocycles. The number of rotatable bonds is 5. The number of halogens is 1. The molecule has 0 heterocycles. The van der Waals surface area contributed by atoms with Crippen LogP contribution in [0.2, 0.25) is 5.02 Å². The van der Waals surface area contributed by atoms with E-state index in [0.29, 0.717) is 0 Å². The van der Waals surface area contributed by atoms with Crippen LogP contribution in [0.3, 0.4) is 0 Å². The number of hydrogen-bond donors (Lipinski definition) is 1. The summed E-state index contributed by atoms with van der Waals surface area (Å²) in [7, 11) is 0. The molecule has 0 aromatic heterocycles. The molecule has 3 rings (SSSR count). The van der Waals surface area contributed by atoms with Crippen LogP contribution in [-0.4, -0.2) is 6.54 Å². The van der Waals surface area contributed by atoms with Crippen molar-refractivity contribution in [1.29, 1.82) is 0 Å². The van der Waals surface area contributed by atoms with Crippen LogP contribution >= 0.6 is 11.6 Å². The molecule has 0 aliphatic heterocycles. The van der Waals surface area contributed by atoms with Crippen molar-refractivity contribution in [3.05, 3.63) is 70.2 Å². The van der Waals surface area contributed by atoms with Gasteiger partial charge in [0.05, 0.1) is 6.04 Å². The van der Waals surface area contributed by atoms with Crippen molar-refractivity contribution in [2.45, 2.75) is 38.1 Å². The highest BCUT2D eigenvalue weighted by Crippen LogP contribution is 2.37. The van der Waals surface area contributed by atoms with Gasteiger partial charge in [-0.1, -0.05) is 61.3 Å². The molecular weight excluding hydrogens is 278 g/mol. The first-order valence-electron chi connectivity index (χ1n) is 7.86. The third-order valence-electron chi connectivity index (χ3n) is 4.41. The average molecular weight is 300 g/mol. The van der Waals surface area contributed by atoms with E-state index in [9.17, 15) is 0 Å². The molecule has 2 aromatic rings. The van der Waals surface area contributed by atoms with Gasteiger partial charge in [-0.2, -0.15) is 0 Å². The first kappa shape index (κ1) is 14.6. The molecule has 1 atom stereocenters. The fraction of sp³-hybridized carbons (Fsp3) is 0.368. The van der Waals surface area contributed by atoms with Gasteiger partial charge in [0.1, 0.15) is 0 Å². The fourth-order valence-corrected chi connectivity index (χ4v) is 3.25. The summed E-state index contributed by atoms with van der Waals surface area (Å²) >= 11 is 6.16. The van der Waals surface area contributed by atoms with Gasteiger partial charge >= 0.3 is 0 Å². The second-order valence-electron chi connectivity index (χ2n) is 5.84. The smallest absolute Gasteiger partial charge is 0.0577 e. The van der Waals surface area contributed by atoms with Crippen LogP contribution in [0.4, 0.5) is 0 Å². The zero-order chi connectivity index (χ0) is 14.7. The molecule has 2 heteroatoms. The fourth-order valence-electron chi connectivity index (χ4n) is 3.05. The molecule has 0 amide bonds. The SMILES string of the molecule is CCNC(c1cccc(Cl)c1)c1cccc(C2CCC2)c1. The van der Waals surface area contributed by atoms with Gasteiger partial charge in [-0.3, -0.25) is 0 Å². The van der Waals surface area contributed by atoms with Gasteiger partial charge in [-0.05, 0) is 54.1 Å². The van der Waals surface area contributed by atoms with E-state index in [-0.39, 0.29) is 6.04 Å². The van der Waals surface area contributed by atoms with Crippen molar-refractivity contribution in [1.82, 2.24) is 5.32 Å². The van der Waals surface area contributed by atoms with E-state index in [1.165, 1.54) is 36.0 Å². The van der Waals surface area contributed by atoms with Crippen LogP contribution in [-0.2, 0) is 0 Å². The number of hydrogen-bond acceptors (Lipinski definition) is 1. The molecule has 21 heavy (non-hydrogen) atoms. The normalized spacial score (nSPS) is 16.5. The summed E-state index contributed by atoms with van der Waals surface area (Å²) in [6, 6.07) is 17.4. The zero-order valence-electron chi connectivity index (χ0n) is 12.5. The molecule has 1 aliphatic rings. The molecule has 1 N–H and O–H groups in total. The Kier molecular flexibility index (Phi) is 4.62. The lowest BCUT2D eigenvalue weighted by atomic mass is 9.79. The molecule has 0 spiro atoms. The standard InChI is InChI=1S/C19H22ClN/c1-2-21-19(17-10-5-11-18(20)13-17)16-9-4-8-15(12-16)14-6-3-7-14/h4-5,8-14,19,21H,2-3,6-7H2,1H3. The van der Waals surface area contributed by atoms with Crippen molar-refractivity contribution in [3.8, 4) is 0 Å². The summed E-state index contributed by atoms with van der Waals surface area (Å²) in [6.07, 6.45) is 4.05. The van der Waals surface area contributed by atoms with Gasteiger partial charge in [0.2, 0.25) is 0 Å². The molecule has 1 nitrogen and oxygen atoms in total. The summed E-state index contributed by atoms with van der Waals surface area (Å²) < 4.78 is 0. The Hall–Kier alpha value is -1.31. The topological polar surface area (TPSA) is 12.0 Å². The highest BCUT2D eigenvalue weighted by Gasteiger charge is 2.21. The Morgan fingerprint density at radius 3 is 2.43 bits per heavy atom. The molecule has 1 fully saturated rings. The Bertz CT molecular complexity index is 604. The Balaban J connectivity index is 1.93. The zero-order valence-corrected chi connectivity index (χ0v) is 13.2. The molecule has 1 aliphatic carbocycles. The van der Waals surface area contributed by atoms with E-state index >= 15 is 0 Å². The van der Waals surface area contributed by atoms with E-state index in [1.54, 1.807) is 0 Å². The van der Waals surface area contributed by atoms with Gasteiger partial charge in [0, 0.05) is 5.02 Å². The number of nitrogens with one attached hydrogen (secondary N) is 1. The van der Waals surface area contributed by atoms with Crippen LogP contribution in [0.25, 0.3) is 0 Å². The van der Waals surface area contributed by atoms with E-state index in [0.717, 1.165) is 17.5 Å². The summed E-state index contributed by atoms with van der Waals surface area (Å²) in [5.41, 5.74) is 4.06. The lowest BCUT2D eigenvalue weighted by Crippen LogP contribution is -2.22. The van der Waals surface area contributed by atoms with Crippen molar-refractivity contribution >= 4 is 11.6 Å². The van der Waals surface area contributed by atoms with Gasteiger partial charge in [-0.15, -0.1) is 0 Å². The van der Waals surface area contributed by atoms with Crippen LogP contribution in [0.1, 0.15) is 54.8 Å². The number of benzene rings is 2. The minimum atomic E-state index is 0.216. The van der Waals surface area contributed by atoms with Gasteiger partial charge in [0.15, 0.2) is 0 Å². The summed E-state index contributed by atoms with van der Waals surface area (Å²) in [6.45, 7) is 3.08. The molecular formula is C19H22ClN. The van der Waals surface area contributed by atoms with Crippen LogP contribution in [0.15, 0.2) is 48.5 Å². The molecule has 0 radical (unpaired) electrons. The first-order chi connectivity index (χ1) is 10.3. The molecule has 0 saturated heterocycles. The predicted molar refractivity (Wildman–Crippen MR) is 90.0 cm³/mol. The lowest BCUT2D eigenvalue weighted by molar-refractivity contribution is 0.419. The third-order valence-corrected chi connectivity index (χ3v) is 4.65. The third kappa shape index (κ3) is 3.30. The maximum atomic E-state index is 6.16. The van der Waals surface area contributed by atoms with E-state index in [4.69, 9.17) is 11.6 Å². The van der Waals surface area contributed by atoms with Crippen molar-refractivity contribution in [2.75, 3.05) is 6.54 Å². The van der Waals surface area contributed by atoms with E-state index < -0.39 is 0 Å². The Labute approximate surface area is 132 Å². The van der Waals surface area contributed by atoms with Crippen LogP contribution in [0, 0.1) is 0 Å². The highest BCUT2D eigenvalue weighted by molar-refractivity contribution is 6.30. The maximum Gasteiger partial charge on any atom is 0.0577 e. The lowest BCUT2D eigenvalue weighted by Gasteiger charge is -2.27. The molecule has 1 unspecified atom stereocenters. The molecule has 2 aromatic carbocycles. The monoisotopic (exact) mass is 299 g/mol. The quantitative estimate of drug-likeness (QED) is 0.789. The van der Waals surface area contributed by atoms with Crippen LogP contribution in [0.5, 0.6) is 0 Å². The molecule has 0 bridgehead atoms. The van der Waals surface area contributed by atoms with Crippen molar-refractivity contribution < 1.29 is 0 Å². The van der Waals surface area contributed by atoms with Gasteiger partial charge in [0.25, 0.3) is 0 Å². The second kappa shape index (κ2) is 6.64. The maximum absolute atomic E-state index is 6.16.